The molecule has 0 saturated heterocycles. The van der Waals surface area contributed by atoms with Crippen LogP contribution in [0.15, 0.2) is 24.3 Å². The molecule has 1 saturated carbocycles. The first-order valence-corrected chi connectivity index (χ1v) is 6.31. The van der Waals surface area contributed by atoms with Crippen LogP contribution >= 0.6 is 22.6 Å². The molecule has 1 aromatic carbocycles. The molecule has 1 aliphatic carbocycles. The number of hydrogen-bond acceptors (Lipinski definition) is 1. The molecule has 0 bridgehead atoms. The van der Waals surface area contributed by atoms with Crippen LogP contribution in [0.5, 0.6) is 5.75 Å². The van der Waals surface area contributed by atoms with Crippen LogP contribution in [0.25, 0.3) is 0 Å². The molecular weight excluding hydrogens is 287 g/mol. The van der Waals surface area contributed by atoms with E-state index in [0.717, 1.165) is 18.3 Å². The summed E-state index contributed by atoms with van der Waals surface area (Å²) in [5, 5.41) is 0. The highest BCUT2D eigenvalue weighted by atomic mass is 127. The van der Waals surface area contributed by atoms with Crippen molar-refractivity contribution in [1.29, 1.82) is 0 Å². The summed E-state index contributed by atoms with van der Waals surface area (Å²) >= 11 is 2.31. The van der Waals surface area contributed by atoms with Crippen LogP contribution in [0.2, 0.25) is 0 Å². The standard InChI is InChI=1S/C12H15IO/c13-11-5-7-12(8-6-11)14-9-10-3-1-2-4-10/h5-8,10H,1-4,9H2. The third-order valence-electron chi connectivity index (χ3n) is 2.77. The molecule has 14 heavy (non-hydrogen) atoms. The highest BCUT2D eigenvalue weighted by Crippen LogP contribution is 2.25. The molecule has 2 rings (SSSR count). The predicted octanol–water partition coefficient (Wildman–Crippen LogP) is 3.86. The third kappa shape index (κ3) is 2.87. The minimum absolute atomic E-state index is 0.800. The lowest BCUT2D eigenvalue weighted by molar-refractivity contribution is 0.252. The Kier molecular flexibility index (Phi) is 3.67. The van der Waals surface area contributed by atoms with Crippen LogP contribution < -0.4 is 4.74 Å². The summed E-state index contributed by atoms with van der Waals surface area (Å²) in [5.74, 6) is 1.81. The molecule has 0 aromatic heterocycles. The second-order valence-corrected chi connectivity index (χ2v) is 5.16. The number of benzene rings is 1. The van der Waals surface area contributed by atoms with Crippen molar-refractivity contribution >= 4 is 22.6 Å². The Bertz CT molecular complexity index is 275. The van der Waals surface area contributed by atoms with Gasteiger partial charge in [0.1, 0.15) is 5.75 Å². The summed E-state index contributed by atoms with van der Waals surface area (Å²) in [5.41, 5.74) is 0. The van der Waals surface area contributed by atoms with Gasteiger partial charge in [-0.05, 0) is 65.6 Å². The minimum Gasteiger partial charge on any atom is -0.493 e. The Hall–Kier alpha value is -0.250. The molecule has 0 atom stereocenters. The number of halogens is 1. The molecule has 0 N–H and O–H groups in total. The fraction of sp³-hybridized carbons (Fsp3) is 0.500. The molecule has 0 radical (unpaired) electrons. The molecule has 1 aliphatic rings. The first-order chi connectivity index (χ1) is 6.84. The third-order valence-corrected chi connectivity index (χ3v) is 3.49. The van der Waals surface area contributed by atoms with Crippen molar-refractivity contribution in [3.05, 3.63) is 27.8 Å². The second kappa shape index (κ2) is 5.01. The van der Waals surface area contributed by atoms with E-state index in [0.29, 0.717) is 0 Å². The fourth-order valence-corrected chi connectivity index (χ4v) is 2.28. The van der Waals surface area contributed by atoms with Crippen molar-refractivity contribution in [2.75, 3.05) is 6.61 Å². The van der Waals surface area contributed by atoms with Gasteiger partial charge in [-0.25, -0.2) is 0 Å². The predicted molar refractivity (Wildman–Crippen MR) is 66.6 cm³/mol. The van der Waals surface area contributed by atoms with Crippen molar-refractivity contribution in [2.45, 2.75) is 25.7 Å². The molecular formula is C12H15IO. The van der Waals surface area contributed by atoms with E-state index in [-0.39, 0.29) is 0 Å². The Morgan fingerprint density at radius 2 is 1.79 bits per heavy atom. The normalized spacial score (nSPS) is 17.2. The summed E-state index contributed by atoms with van der Waals surface area (Å²) in [6, 6.07) is 8.28. The van der Waals surface area contributed by atoms with Gasteiger partial charge in [-0.2, -0.15) is 0 Å². The molecule has 76 valence electrons. The van der Waals surface area contributed by atoms with E-state index < -0.39 is 0 Å². The van der Waals surface area contributed by atoms with Gasteiger partial charge in [-0.15, -0.1) is 0 Å². The van der Waals surface area contributed by atoms with Crippen molar-refractivity contribution < 1.29 is 4.74 Å². The summed E-state index contributed by atoms with van der Waals surface area (Å²) in [6.07, 6.45) is 5.48. The zero-order chi connectivity index (χ0) is 9.80. The van der Waals surface area contributed by atoms with E-state index in [4.69, 9.17) is 4.74 Å². The van der Waals surface area contributed by atoms with Crippen LogP contribution in [-0.2, 0) is 0 Å². The Morgan fingerprint density at radius 1 is 1.14 bits per heavy atom. The largest absolute Gasteiger partial charge is 0.493 e. The van der Waals surface area contributed by atoms with Crippen molar-refractivity contribution in [1.82, 2.24) is 0 Å². The number of rotatable bonds is 3. The van der Waals surface area contributed by atoms with Crippen molar-refractivity contribution in [3.8, 4) is 5.75 Å². The average Bonchev–Trinajstić information content (AvgIpc) is 2.70. The van der Waals surface area contributed by atoms with Crippen LogP contribution in [-0.4, -0.2) is 6.61 Å². The molecule has 0 heterocycles. The summed E-state index contributed by atoms with van der Waals surface area (Å²) in [7, 11) is 0. The molecule has 1 fully saturated rings. The Balaban J connectivity index is 1.82. The molecule has 0 spiro atoms. The van der Waals surface area contributed by atoms with Gasteiger partial charge >= 0.3 is 0 Å². The van der Waals surface area contributed by atoms with Gasteiger partial charge in [-0.1, -0.05) is 12.8 Å². The summed E-state index contributed by atoms with van der Waals surface area (Å²) in [6.45, 7) is 0.903. The van der Waals surface area contributed by atoms with E-state index in [1.54, 1.807) is 0 Å². The summed E-state index contributed by atoms with van der Waals surface area (Å²) in [4.78, 5) is 0. The second-order valence-electron chi connectivity index (χ2n) is 3.92. The SMILES string of the molecule is Ic1ccc(OCC2CCCC2)cc1. The summed E-state index contributed by atoms with van der Waals surface area (Å²) < 4.78 is 7.00. The maximum Gasteiger partial charge on any atom is 0.119 e. The van der Waals surface area contributed by atoms with Gasteiger partial charge < -0.3 is 4.74 Å². The topological polar surface area (TPSA) is 9.23 Å². The van der Waals surface area contributed by atoms with E-state index in [9.17, 15) is 0 Å². The first-order valence-electron chi connectivity index (χ1n) is 5.23. The van der Waals surface area contributed by atoms with Crippen LogP contribution in [0.4, 0.5) is 0 Å². The lowest BCUT2D eigenvalue weighted by Gasteiger charge is -2.10. The highest BCUT2D eigenvalue weighted by Gasteiger charge is 2.15. The smallest absolute Gasteiger partial charge is 0.119 e. The van der Waals surface area contributed by atoms with Gasteiger partial charge in [0, 0.05) is 3.57 Å². The van der Waals surface area contributed by atoms with Crippen LogP contribution in [0.3, 0.4) is 0 Å². The molecule has 0 amide bonds. The van der Waals surface area contributed by atoms with Gasteiger partial charge in [0.2, 0.25) is 0 Å². The molecule has 2 heteroatoms. The van der Waals surface area contributed by atoms with Gasteiger partial charge in [0.05, 0.1) is 6.61 Å². The highest BCUT2D eigenvalue weighted by molar-refractivity contribution is 14.1. The molecule has 0 aliphatic heterocycles. The van der Waals surface area contributed by atoms with Crippen LogP contribution in [0.1, 0.15) is 25.7 Å². The zero-order valence-corrected chi connectivity index (χ0v) is 10.4. The monoisotopic (exact) mass is 302 g/mol. The Labute approximate surface area is 99.0 Å². The van der Waals surface area contributed by atoms with Gasteiger partial charge in [0.25, 0.3) is 0 Å². The van der Waals surface area contributed by atoms with E-state index in [2.05, 4.69) is 46.9 Å². The number of hydrogen-bond donors (Lipinski definition) is 0. The lowest BCUT2D eigenvalue weighted by Crippen LogP contribution is -2.07. The zero-order valence-electron chi connectivity index (χ0n) is 8.21. The maximum absolute atomic E-state index is 5.74. The Morgan fingerprint density at radius 3 is 2.43 bits per heavy atom. The van der Waals surface area contributed by atoms with Crippen molar-refractivity contribution in [2.24, 2.45) is 5.92 Å². The molecule has 0 unspecified atom stereocenters. The van der Waals surface area contributed by atoms with Crippen LogP contribution in [0, 0.1) is 9.49 Å². The van der Waals surface area contributed by atoms with E-state index >= 15 is 0 Å². The molecule has 1 aromatic rings. The lowest BCUT2D eigenvalue weighted by atomic mass is 10.1. The van der Waals surface area contributed by atoms with Gasteiger partial charge in [0.15, 0.2) is 0 Å². The maximum atomic E-state index is 5.74. The molecule has 1 nitrogen and oxygen atoms in total. The fourth-order valence-electron chi connectivity index (χ4n) is 1.92. The quantitative estimate of drug-likeness (QED) is 0.770. The van der Waals surface area contributed by atoms with Gasteiger partial charge in [-0.3, -0.25) is 0 Å². The van der Waals surface area contributed by atoms with Crippen molar-refractivity contribution in [3.63, 3.8) is 0 Å². The minimum atomic E-state index is 0.800. The van der Waals surface area contributed by atoms with E-state index in [1.165, 1.54) is 29.3 Å². The average molecular weight is 302 g/mol. The van der Waals surface area contributed by atoms with E-state index in [1.807, 2.05) is 0 Å². The number of ether oxygens (including phenoxy) is 1. The first kappa shape index (κ1) is 10.3.